The zero-order valence-corrected chi connectivity index (χ0v) is 13.2. The first-order valence-corrected chi connectivity index (χ1v) is 7.60. The maximum atomic E-state index is 8.77. The van der Waals surface area contributed by atoms with E-state index in [0.29, 0.717) is 18.5 Å². The van der Waals surface area contributed by atoms with Crippen LogP contribution in [0.15, 0.2) is 24.3 Å². The fraction of sp³-hybridized carbons (Fsp3) is 0.588. The zero-order chi connectivity index (χ0) is 15.0. The normalized spacial score (nSPS) is 12.2. The van der Waals surface area contributed by atoms with Gasteiger partial charge in [-0.2, -0.15) is 5.26 Å². The number of nitriles is 1. The van der Waals surface area contributed by atoms with Gasteiger partial charge < -0.3 is 10.2 Å². The Balaban J connectivity index is 2.85. The van der Waals surface area contributed by atoms with Gasteiger partial charge in [-0.3, -0.25) is 0 Å². The second-order valence-corrected chi connectivity index (χ2v) is 5.31. The molecule has 3 nitrogen and oxygen atoms in total. The molecule has 0 amide bonds. The standard InChI is InChI=1S/C17H27N3/c1-5-17(19-6-2)15-8-10-16(11-9-15)20(14(3)4)13-7-12-18/h8-11,14,17,19H,5-7,13H2,1-4H3. The van der Waals surface area contributed by atoms with Crippen LogP contribution in [0.4, 0.5) is 5.69 Å². The molecule has 3 heteroatoms. The van der Waals surface area contributed by atoms with Crippen LogP contribution in [0.25, 0.3) is 0 Å². The number of hydrogen-bond acceptors (Lipinski definition) is 3. The van der Waals surface area contributed by atoms with Gasteiger partial charge in [-0.25, -0.2) is 0 Å². The quantitative estimate of drug-likeness (QED) is 0.781. The molecule has 110 valence electrons. The largest absolute Gasteiger partial charge is 0.368 e. The molecule has 1 N–H and O–H groups in total. The Hall–Kier alpha value is -1.53. The van der Waals surface area contributed by atoms with Gasteiger partial charge in [0.2, 0.25) is 0 Å². The first-order chi connectivity index (χ1) is 9.63. The molecule has 1 aromatic carbocycles. The van der Waals surface area contributed by atoms with Crippen molar-refractivity contribution in [3.8, 4) is 6.07 Å². The highest BCUT2D eigenvalue weighted by Crippen LogP contribution is 2.22. The number of anilines is 1. The van der Waals surface area contributed by atoms with Crippen LogP contribution >= 0.6 is 0 Å². The Kier molecular flexibility index (Phi) is 7.11. The summed E-state index contributed by atoms with van der Waals surface area (Å²) < 4.78 is 0. The maximum Gasteiger partial charge on any atom is 0.0640 e. The Morgan fingerprint density at radius 3 is 2.30 bits per heavy atom. The van der Waals surface area contributed by atoms with E-state index in [4.69, 9.17) is 5.26 Å². The average molecular weight is 273 g/mol. The van der Waals surface area contributed by atoms with Crippen molar-refractivity contribution in [3.05, 3.63) is 29.8 Å². The van der Waals surface area contributed by atoms with E-state index in [1.807, 2.05) is 0 Å². The smallest absolute Gasteiger partial charge is 0.0640 e. The van der Waals surface area contributed by atoms with Crippen molar-refractivity contribution in [1.82, 2.24) is 5.32 Å². The third kappa shape index (κ3) is 4.54. The highest BCUT2D eigenvalue weighted by Gasteiger charge is 2.12. The lowest BCUT2D eigenvalue weighted by Crippen LogP contribution is -2.31. The van der Waals surface area contributed by atoms with Crippen LogP contribution in [-0.4, -0.2) is 19.1 Å². The molecular formula is C17H27N3. The van der Waals surface area contributed by atoms with Crippen LogP contribution in [0.5, 0.6) is 0 Å². The molecule has 1 rings (SSSR count). The molecule has 0 aliphatic heterocycles. The summed E-state index contributed by atoms with van der Waals surface area (Å²) in [7, 11) is 0. The van der Waals surface area contributed by atoms with Gasteiger partial charge in [0.15, 0.2) is 0 Å². The third-order valence-electron chi connectivity index (χ3n) is 3.57. The van der Waals surface area contributed by atoms with Crippen molar-refractivity contribution in [2.45, 2.75) is 52.6 Å². The Labute approximate surface area is 123 Å². The van der Waals surface area contributed by atoms with Gasteiger partial charge in [0.1, 0.15) is 0 Å². The maximum absolute atomic E-state index is 8.77. The van der Waals surface area contributed by atoms with Gasteiger partial charge in [-0.05, 0) is 44.5 Å². The third-order valence-corrected chi connectivity index (χ3v) is 3.57. The van der Waals surface area contributed by atoms with Gasteiger partial charge >= 0.3 is 0 Å². The minimum atomic E-state index is 0.407. The van der Waals surface area contributed by atoms with Gasteiger partial charge in [0.05, 0.1) is 12.5 Å². The fourth-order valence-electron chi connectivity index (χ4n) is 2.50. The Bertz CT molecular complexity index is 417. The van der Waals surface area contributed by atoms with Crippen LogP contribution in [0.1, 0.15) is 52.1 Å². The summed E-state index contributed by atoms with van der Waals surface area (Å²) in [4.78, 5) is 2.28. The lowest BCUT2D eigenvalue weighted by molar-refractivity contribution is 0.537. The summed E-state index contributed by atoms with van der Waals surface area (Å²) in [6, 6.07) is 11.8. The van der Waals surface area contributed by atoms with Crippen LogP contribution in [-0.2, 0) is 0 Å². The summed E-state index contributed by atoms with van der Waals surface area (Å²) in [5, 5.41) is 12.3. The lowest BCUT2D eigenvalue weighted by atomic mass is 10.0. The monoisotopic (exact) mass is 273 g/mol. The molecule has 0 bridgehead atoms. The number of nitrogens with zero attached hydrogens (tertiary/aromatic N) is 2. The second-order valence-electron chi connectivity index (χ2n) is 5.31. The van der Waals surface area contributed by atoms with Crippen LogP contribution < -0.4 is 10.2 Å². The van der Waals surface area contributed by atoms with Crippen molar-refractivity contribution in [3.63, 3.8) is 0 Å². The molecule has 0 aromatic heterocycles. The van der Waals surface area contributed by atoms with Crippen molar-refractivity contribution >= 4 is 5.69 Å². The lowest BCUT2D eigenvalue weighted by Gasteiger charge is -2.28. The number of rotatable bonds is 8. The Morgan fingerprint density at radius 2 is 1.85 bits per heavy atom. The minimum Gasteiger partial charge on any atom is -0.368 e. The number of hydrogen-bond donors (Lipinski definition) is 1. The molecule has 1 aromatic rings. The topological polar surface area (TPSA) is 39.1 Å². The summed E-state index contributed by atoms with van der Waals surface area (Å²) in [6.07, 6.45) is 1.66. The van der Waals surface area contributed by atoms with E-state index in [-0.39, 0.29) is 0 Å². The van der Waals surface area contributed by atoms with Crippen LogP contribution in [0, 0.1) is 11.3 Å². The molecule has 0 spiro atoms. The van der Waals surface area contributed by atoms with Crippen molar-refractivity contribution in [1.29, 1.82) is 5.26 Å². The Morgan fingerprint density at radius 1 is 1.20 bits per heavy atom. The van der Waals surface area contributed by atoms with E-state index in [2.05, 4.69) is 68.2 Å². The molecule has 0 saturated carbocycles. The zero-order valence-electron chi connectivity index (χ0n) is 13.2. The van der Waals surface area contributed by atoms with Crippen LogP contribution in [0.2, 0.25) is 0 Å². The number of nitrogens with one attached hydrogen (secondary N) is 1. The van der Waals surface area contributed by atoms with E-state index in [0.717, 1.165) is 19.5 Å². The molecule has 1 unspecified atom stereocenters. The van der Waals surface area contributed by atoms with E-state index >= 15 is 0 Å². The highest BCUT2D eigenvalue weighted by atomic mass is 15.1. The van der Waals surface area contributed by atoms with Crippen molar-refractivity contribution in [2.75, 3.05) is 18.0 Å². The first-order valence-electron chi connectivity index (χ1n) is 7.60. The molecular weight excluding hydrogens is 246 g/mol. The average Bonchev–Trinajstić information content (AvgIpc) is 2.45. The number of benzene rings is 1. The predicted molar refractivity (Wildman–Crippen MR) is 85.9 cm³/mol. The van der Waals surface area contributed by atoms with Crippen molar-refractivity contribution < 1.29 is 0 Å². The van der Waals surface area contributed by atoms with Gasteiger partial charge in [-0.15, -0.1) is 0 Å². The molecule has 0 aliphatic carbocycles. The van der Waals surface area contributed by atoms with Gasteiger partial charge in [-0.1, -0.05) is 26.0 Å². The van der Waals surface area contributed by atoms with Gasteiger partial charge in [0, 0.05) is 24.3 Å². The summed E-state index contributed by atoms with van der Waals surface area (Å²) in [6.45, 7) is 10.4. The van der Waals surface area contributed by atoms with E-state index in [1.54, 1.807) is 0 Å². The second kappa shape index (κ2) is 8.60. The molecule has 0 saturated heterocycles. The molecule has 0 fully saturated rings. The molecule has 0 heterocycles. The van der Waals surface area contributed by atoms with Crippen molar-refractivity contribution in [2.24, 2.45) is 0 Å². The van der Waals surface area contributed by atoms with Crippen LogP contribution in [0.3, 0.4) is 0 Å². The predicted octanol–water partition coefficient (Wildman–Crippen LogP) is 3.88. The first kappa shape index (κ1) is 16.5. The molecule has 0 aliphatic rings. The summed E-state index contributed by atoms with van der Waals surface area (Å²) in [5.41, 5.74) is 2.53. The summed E-state index contributed by atoms with van der Waals surface area (Å²) in [5.74, 6) is 0. The molecule has 1 atom stereocenters. The fourth-order valence-corrected chi connectivity index (χ4v) is 2.50. The van der Waals surface area contributed by atoms with E-state index in [9.17, 15) is 0 Å². The summed E-state index contributed by atoms with van der Waals surface area (Å²) >= 11 is 0. The highest BCUT2D eigenvalue weighted by molar-refractivity contribution is 5.49. The van der Waals surface area contributed by atoms with Gasteiger partial charge in [0.25, 0.3) is 0 Å². The minimum absolute atomic E-state index is 0.407. The van der Waals surface area contributed by atoms with E-state index < -0.39 is 0 Å². The molecule has 20 heavy (non-hydrogen) atoms. The van der Waals surface area contributed by atoms with E-state index in [1.165, 1.54) is 11.3 Å². The molecule has 0 radical (unpaired) electrons. The SMILES string of the molecule is CCNC(CC)c1ccc(N(CCC#N)C(C)C)cc1.